The van der Waals surface area contributed by atoms with Crippen LogP contribution in [0.2, 0.25) is 0 Å². The highest BCUT2D eigenvalue weighted by Gasteiger charge is 2.65. The van der Waals surface area contributed by atoms with Gasteiger partial charge in [0.2, 0.25) is 0 Å². The summed E-state index contributed by atoms with van der Waals surface area (Å²) in [5.41, 5.74) is 1.67. The zero-order valence-electron chi connectivity index (χ0n) is 22.5. The minimum Gasteiger partial charge on any atom is -0.465 e. The number of carbonyl (C=O) groups excluding carboxylic acids is 1. The summed E-state index contributed by atoms with van der Waals surface area (Å²) in [6.45, 7) is 15.0. The zero-order valence-corrected chi connectivity index (χ0v) is 22.5. The van der Waals surface area contributed by atoms with Crippen LogP contribution in [0.3, 0.4) is 0 Å². The molecule has 5 nitrogen and oxygen atoms in total. The molecule has 4 aliphatic rings. The van der Waals surface area contributed by atoms with Gasteiger partial charge in [0.05, 0.1) is 24.9 Å². The second kappa shape index (κ2) is 9.95. The molecule has 35 heavy (non-hydrogen) atoms. The quantitative estimate of drug-likeness (QED) is 0.345. The SMILES string of the molecule is C=C(CC[C@@H](C)[C@H]1CC[C@H]2[C@@H]3CC=C4C[C@@H](O)C[C@H](O)[C@]4(C)[C@H]3[C@H](O)C[C@]12COC(C)=O)C(C)C. The Morgan fingerprint density at radius 1 is 1.23 bits per heavy atom. The molecule has 0 aromatic heterocycles. The lowest BCUT2D eigenvalue weighted by Gasteiger charge is -2.61. The van der Waals surface area contributed by atoms with Crippen molar-refractivity contribution in [1.82, 2.24) is 0 Å². The number of aliphatic hydroxyl groups is 3. The summed E-state index contributed by atoms with van der Waals surface area (Å²) >= 11 is 0. The van der Waals surface area contributed by atoms with Crippen molar-refractivity contribution in [2.75, 3.05) is 6.61 Å². The van der Waals surface area contributed by atoms with Crippen molar-refractivity contribution in [2.45, 2.75) is 104 Å². The van der Waals surface area contributed by atoms with Gasteiger partial charge in [-0.2, -0.15) is 0 Å². The monoisotopic (exact) mass is 488 g/mol. The molecule has 198 valence electrons. The maximum absolute atomic E-state index is 12.0. The number of ether oxygens (including phenoxy) is 1. The fraction of sp³-hybridized carbons (Fsp3) is 0.833. The molecular formula is C30H48O5. The fourth-order valence-corrected chi connectivity index (χ4v) is 8.91. The molecule has 3 N–H and O–H groups in total. The second-order valence-electron chi connectivity index (χ2n) is 13.0. The van der Waals surface area contributed by atoms with Crippen LogP contribution in [0.4, 0.5) is 0 Å². The molecule has 0 unspecified atom stereocenters. The van der Waals surface area contributed by atoms with Crippen molar-refractivity contribution in [2.24, 2.45) is 46.3 Å². The Labute approximate surface area is 212 Å². The lowest BCUT2D eigenvalue weighted by molar-refractivity contribution is -0.182. The predicted molar refractivity (Wildman–Crippen MR) is 137 cm³/mol. The van der Waals surface area contributed by atoms with E-state index in [1.165, 1.54) is 12.5 Å². The largest absolute Gasteiger partial charge is 0.465 e. The molecule has 0 spiro atoms. The third-order valence-electron chi connectivity index (χ3n) is 10.9. The first-order valence-electron chi connectivity index (χ1n) is 14.0. The molecule has 0 amide bonds. The molecule has 3 fully saturated rings. The van der Waals surface area contributed by atoms with E-state index in [1.807, 2.05) is 0 Å². The first kappa shape index (κ1) is 26.9. The van der Waals surface area contributed by atoms with Crippen LogP contribution in [0.5, 0.6) is 0 Å². The first-order chi connectivity index (χ1) is 16.4. The van der Waals surface area contributed by atoms with E-state index in [0.717, 1.165) is 37.7 Å². The van der Waals surface area contributed by atoms with E-state index in [0.29, 0.717) is 49.5 Å². The normalized spacial score (nSPS) is 43.6. The van der Waals surface area contributed by atoms with Crippen LogP contribution in [-0.2, 0) is 9.53 Å². The summed E-state index contributed by atoms with van der Waals surface area (Å²) in [5, 5.41) is 33.3. The molecule has 10 atom stereocenters. The number of esters is 1. The highest BCUT2D eigenvalue weighted by Crippen LogP contribution is 2.67. The summed E-state index contributed by atoms with van der Waals surface area (Å²) in [6, 6.07) is 0. The van der Waals surface area contributed by atoms with Crippen LogP contribution in [-0.4, -0.2) is 46.2 Å². The van der Waals surface area contributed by atoms with E-state index in [9.17, 15) is 20.1 Å². The fourth-order valence-electron chi connectivity index (χ4n) is 8.91. The zero-order chi connectivity index (χ0) is 25.7. The number of allylic oxidation sites excluding steroid dienone is 2. The Morgan fingerprint density at radius 3 is 2.60 bits per heavy atom. The summed E-state index contributed by atoms with van der Waals surface area (Å²) in [6.07, 6.45) is 7.21. The van der Waals surface area contributed by atoms with Crippen LogP contribution in [0.15, 0.2) is 23.8 Å². The number of carbonyl (C=O) groups is 1. The van der Waals surface area contributed by atoms with E-state index < -0.39 is 23.7 Å². The van der Waals surface area contributed by atoms with Gasteiger partial charge in [-0.05, 0) is 80.5 Å². The van der Waals surface area contributed by atoms with Gasteiger partial charge >= 0.3 is 5.97 Å². The topological polar surface area (TPSA) is 87.0 Å². The molecule has 0 aromatic carbocycles. The number of rotatable bonds is 7. The highest BCUT2D eigenvalue weighted by molar-refractivity contribution is 5.66. The standard InChI is InChI=1S/C30H48O5/c1-17(2)18(3)7-8-19(4)24-11-12-25-23-10-9-21-13-22(32)14-27(34)29(21,6)28(23)26(33)15-30(24,25)16-35-20(5)31/h9,17,19,22-28,32-34H,3,7-8,10-16H2,1-2,4-6H3/t19-,22-,23+,24-,25+,26-,27+,28-,29-,30+/m1/s1. The van der Waals surface area contributed by atoms with E-state index in [-0.39, 0.29) is 23.2 Å². The molecule has 4 rings (SSSR count). The Balaban J connectivity index is 1.65. The molecule has 5 heteroatoms. The van der Waals surface area contributed by atoms with Crippen molar-refractivity contribution in [3.63, 3.8) is 0 Å². The van der Waals surface area contributed by atoms with Gasteiger partial charge in [-0.25, -0.2) is 0 Å². The summed E-state index contributed by atoms with van der Waals surface area (Å²) in [5.74, 6) is 1.63. The second-order valence-corrected chi connectivity index (χ2v) is 13.0. The van der Waals surface area contributed by atoms with Crippen LogP contribution in [0.25, 0.3) is 0 Å². The Kier molecular flexibility index (Phi) is 7.64. The van der Waals surface area contributed by atoms with Crippen molar-refractivity contribution in [3.8, 4) is 0 Å². The third-order valence-corrected chi connectivity index (χ3v) is 10.9. The van der Waals surface area contributed by atoms with E-state index in [4.69, 9.17) is 4.74 Å². The average molecular weight is 489 g/mol. The van der Waals surface area contributed by atoms with Gasteiger partial charge in [0.25, 0.3) is 0 Å². The number of aliphatic hydroxyl groups excluding tert-OH is 3. The maximum atomic E-state index is 12.0. The van der Waals surface area contributed by atoms with Crippen LogP contribution in [0, 0.1) is 46.3 Å². The first-order valence-corrected chi connectivity index (χ1v) is 14.0. The summed E-state index contributed by atoms with van der Waals surface area (Å²) in [4.78, 5) is 12.0. The van der Waals surface area contributed by atoms with Gasteiger partial charge in [-0.1, -0.05) is 51.5 Å². The molecule has 0 aliphatic heterocycles. The van der Waals surface area contributed by atoms with Crippen molar-refractivity contribution >= 4 is 5.97 Å². The Hall–Kier alpha value is -1.17. The lowest BCUT2D eigenvalue weighted by atomic mass is 9.45. The molecule has 0 bridgehead atoms. The van der Waals surface area contributed by atoms with E-state index in [2.05, 4.69) is 40.3 Å². The number of hydrogen-bond donors (Lipinski definition) is 3. The number of hydrogen-bond acceptors (Lipinski definition) is 5. The average Bonchev–Trinajstić information content (AvgIpc) is 3.16. The molecule has 4 aliphatic carbocycles. The van der Waals surface area contributed by atoms with Gasteiger partial charge in [0.15, 0.2) is 0 Å². The summed E-state index contributed by atoms with van der Waals surface area (Å²) in [7, 11) is 0. The summed E-state index contributed by atoms with van der Waals surface area (Å²) < 4.78 is 5.76. The van der Waals surface area contributed by atoms with Gasteiger partial charge in [0.1, 0.15) is 0 Å². The molecule has 0 saturated heterocycles. The predicted octanol–water partition coefficient (Wildman–Crippen LogP) is 5.04. The smallest absolute Gasteiger partial charge is 0.302 e. The van der Waals surface area contributed by atoms with Crippen molar-refractivity contribution < 1.29 is 24.9 Å². The third kappa shape index (κ3) is 4.55. The lowest BCUT2D eigenvalue weighted by Crippen LogP contribution is -2.61. The number of fused-ring (bicyclic) bond motifs is 5. The maximum Gasteiger partial charge on any atom is 0.302 e. The molecule has 0 heterocycles. The van der Waals surface area contributed by atoms with Crippen LogP contribution in [0.1, 0.15) is 86.0 Å². The van der Waals surface area contributed by atoms with Crippen molar-refractivity contribution in [3.05, 3.63) is 23.8 Å². The van der Waals surface area contributed by atoms with E-state index in [1.54, 1.807) is 0 Å². The molecule has 0 radical (unpaired) electrons. The van der Waals surface area contributed by atoms with Gasteiger partial charge < -0.3 is 20.1 Å². The van der Waals surface area contributed by atoms with Crippen molar-refractivity contribution in [1.29, 1.82) is 0 Å². The van der Waals surface area contributed by atoms with Crippen LogP contribution < -0.4 is 0 Å². The van der Waals surface area contributed by atoms with Crippen LogP contribution >= 0.6 is 0 Å². The van der Waals surface area contributed by atoms with Gasteiger partial charge in [-0.15, -0.1) is 0 Å². The van der Waals surface area contributed by atoms with Gasteiger partial charge in [0, 0.05) is 24.2 Å². The molecule has 3 saturated carbocycles. The highest BCUT2D eigenvalue weighted by atomic mass is 16.5. The van der Waals surface area contributed by atoms with E-state index >= 15 is 0 Å². The Bertz CT molecular complexity index is 848. The molecular weight excluding hydrogens is 440 g/mol. The van der Waals surface area contributed by atoms with Gasteiger partial charge in [-0.3, -0.25) is 4.79 Å². The minimum atomic E-state index is -0.654. The Morgan fingerprint density at radius 2 is 1.94 bits per heavy atom. The minimum absolute atomic E-state index is 0.0322. The molecule has 0 aromatic rings.